The van der Waals surface area contributed by atoms with Crippen molar-refractivity contribution in [3.63, 3.8) is 0 Å². The van der Waals surface area contributed by atoms with Gasteiger partial charge in [-0.1, -0.05) is 30.3 Å². The minimum Gasteiger partial charge on any atom is -0.318 e. The molecule has 0 saturated carbocycles. The number of nitrogens with one attached hydrogen (secondary N) is 1. The second-order valence-corrected chi connectivity index (χ2v) is 4.88. The highest BCUT2D eigenvalue weighted by Gasteiger charge is 2.30. The van der Waals surface area contributed by atoms with Crippen LogP contribution in [0.25, 0.3) is 0 Å². The molecule has 2 rings (SSSR count). The standard InChI is InChI=1S/C15H21N3/c1-17-12-14-8-5-11-18(14)15(9-10-16)13-6-3-2-4-7-13/h2-4,6-7,14-15,17H,5,8-9,11-12H2,1H3. The Kier molecular flexibility index (Phi) is 4.74. The molecule has 1 N–H and O–H groups in total. The highest BCUT2D eigenvalue weighted by molar-refractivity contribution is 5.20. The average molecular weight is 243 g/mol. The van der Waals surface area contributed by atoms with Gasteiger partial charge in [-0.2, -0.15) is 5.26 Å². The van der Waals surface area contributed by atoms with Crippen molar-refractivity contribution < 1.29 is 0 Å². The summed E-state index contributed by atoms with van der Waals surface area (Å²) in [5.74, 6) is 0. The van der Waals surface area contributed by atoms with E-state index in [1.165, 1.54) is 18.4 Å². The van der Waals surface area contributed by atoms with Gasteiger partial charge in [0.15, 0.2) is 0 Å². The van der Waals surface area contributed by atoms with Crippen molar-refractivity contribution in [3.8, 4) is 6.07 Å². The van der Waals surface area contributed by atoms with Gasteiger partial charge in [-0.3, -0.25) is 4.90 Å². The van der Waals surface area contributed by atoms with Crippen molar-refractivity contribution in [2.24, 2.45) is 0 Å². The van der Waals surface area contributed by atoms with E-state index in [0.717, 1.165) is 13.1 Å². The Morgan fingerprint density at radius 1 is 1.44 bits per heavy atom. The van der Waals surface area contributed by atoms with E-state index < -0.39 is 0 Å². The smallest absolute Gasteiger partial charge is 0.0641 e. The maximum absolute atomic E-state index is 9.08. The first kappa shape index (κ1) is 13.1. The Hall–Kier alpha value is -1.37. The molecule has 96 valence electrons. The number of hydrogen-bond acceptors (Lipinski definition) is 3. The largest absolute Gasteiger partial charge is 0.318 e. The fourth-order valence-electron chi connectivity index (χ4n) is 2.91. The van der Waals surface area contributed by atoms with E-state index in [1.807, 2.05) is 13.1 Å². The first-order chi connectivity index (χ1) is 8.86. The number of nitrogens with zero attached hydrogens (tertiary/aromatic N) is 2. The van der Waals surface area contributed by atoms with E-state index in [4.69, 9.17) is 5.26 Å². The van der Waals surface area contributed by atoms with Gasteiger partial charge in [0.25, 0.3) is 0 Å². The lowest BCUT2D eigenvalue weighted by Gasteiger charge is -2.32. The molecule has 1 saturated heterocycles. The molecule has 0 aromatic heterocycles. The Balaban J connectivity index is 2.17. The zero-order valence-electron chi connectivity index (χ0n) is 11.0. The SMILES string of the molecule is CNCC1CCCN1C(CC#N)c1ccccc1. The molecule has 0 spiro atoms. The molecule has 1 aromatic carbocycles. The molecule has 2 unspecified atom stereocenters. The normalized spacial score (nSPS) is 21.7. The van der Waals surface area contributed by atoms with Crippen molar-refractivity contribution in [1.29, 1.82) is 5.26 Å². The monoisotopic (exact) mass is 243 g/mol. The molecule has 0 radical (unpaired) electrons. The summed E-state index contributed by atoms with van der Waals surface area (Å²) >= 11 is 0. The van der Waals surface area contributed by atoms with Gasteiger partial charge in [0, 0.05) is 18.6 Å². The summed E-state index contributed by atoms with van der Waals surface area (Å²) in [6.45, 7) is 2.11. The zero-order chi connectivity index (χ0) is 12.8. The molecule has 0 bridgehead atoms. The van der Waals surface area contributed by atoms with Crippen LogP contribution in [-0.4, -0.2) is 31.1 Å². The molecule has 1 aliphatic heterocycles. The lowest BCUT2D eigenvalue weighted by molar-refractivity contribution is 0.180. The third-order valence-corrected chi connectivity index (χ3v) is 3.73. The van der Waals surface area contributed by atoms with Crippen LogP contribution < -0.4 is 5.32 Å². The van der Waals surface area contributed by atoms with Gasteiger partial charge in [0.2, 0.25) is 0 Å². The second-order valence-electron chi connectivity index (χ2n) is 4.88. The molecule has 3 heteroatoms. The zero-order valence-corrected chi connectivity index (χ0v) is 11.0. The molecule has 1 heterocycles. The van der Waals surface area contributed by atoms with Gasteiger partial charge >= 0.3 is 0 Å². The summed E-state index contributed by atoms with van der Waals surface area (Å²) in [5, 5.41) is 12.3. The molecule has 3 nitrogen and oxygen atoms in total. The van der Waals surface area contributed by atoms with Crippen LogP contribution in [0.4, 0.5) is 0 Å². The summed E-state index contributed by atoms with van der Waals surface area (Å²) in [6.07, 6.45) is 3.04. The number of nitriles is 1. The van der Waals surface area contributed by atoms with Crippen molar-refractivity contribution in [1.82, 2.24) is 10.2 Å². The number of likely N-dealkylation sites (N-methyl/N-ethyl adjacent to an activating group) is 1. The van der Waals surface area contributed by atoms with E-state index in [9.17, 15) is 0 Å². The van der Waals surface area contributed by atoms with Gasteiger partial charge in [-0.25, -0.2) is 0 Å². The molecule has 1 aliphatic rings. The lowest BCUT2D eigenvalue weighted by Crippen LogP contribution is -2.39. The van der Waals surface area contributed by atoms with E-state index in [0.29, 0.717) is 12.5 Å². The second kappa shape index (κ2) is 6.53. The van der Waals surface area contributed by atoms with Gasteiger partial charge in [-0.15, -0.1) is 0 Å². The number of benzene rings is 1. The summed E-state index contributed by atoms with van der Waals surface area (Å²) in [7, 11) is 2.00. The minimum absolute atomic E-state index is 0.247. The molecule has 0 aliphatic carbocycles. The van der Waals surface area contributed by atoms with E-state index >= 15 is 0 Å². The van der Waals surface area contributed by atoms with Crippen LogP contribution in [0.2, 0.25) is 0 Å². The Morgan fingerprint density at radius 3 is 2.89 bits per heavy atom. The highest BCUT2D eigenvalue weighted by Crippen LogP contribution is 2.31. The van der Waals surface area contributed by atoms with Crippen LogP contribution >= 0.6 is 0 Å². The molecular formula is C15H21N3. The van der Waals surface area contributed by atoms with Gasteiger partial charge < -0.3 is 5.32 Å². The van der Waals surface area contributed by atoms with Crippen LogP contribution in [0.1, 0.15) is 30.9 Å². The summed E-state index contributed by atoms with van der Waals surface area (Å²) in [5.41, 5.74) is 1.27. The minimum atomic E-state index is 0.247. The van der Waals surface area contributed by atoms with Crippen LogP contribution in [0, 0.1) is 11.3 Å². The fourth-order valence-corrected chi connectivity index (χ4v) is 2.91. The molecule has 1 fully saturated rings. The predicted molar refractivity (Wildman–Crippen MR) is 73.1 cm³/mol. The quantitative estimate of drug-likeness (QED) is 0.862. The molecule has 1 aromatic rings. The molecular weight excluding hydrogens is 222 g/mol. The number of rotatable bonds is 5. The van der Waals surface area contributed by atoms with E-state index in [1.54, 1.807) is 0 Å². The third-order valence-electron chi connectivity index (χ3n) is 3.73. The maximum Gasteiger partial charge on any atom is 0.0641 e. The number of likely N-dealkylation sites (tertiary alicyclic amines) is 1. The van der Waals surface area contributed by atoms with Crippen molar-refractivity contribution in [2.45, 2.75) is 31.3 Å². The van der Waals surface area contributed by atoms with Crippen LogP contribution in [0.3, 0.4) is 0 Å². The van der Waals surface area contributed by atoms with Gasteiger partial charge in [0.05, 0.1) is 12.5 Å². The highest BCUT2D eigenvalue weighted by atomic mass is 15.2. The Labute approximate surface area is 109 Å². The van der Waals surface area contributed by atoms with Crippen LogP contribution in [0.5, 0.6) is 0 Å². The van der Waals surface area contributed by atoms with Crippen molar-refractivity contribution in [3.05, 3.63) is 35.9 Å². The third kappa shape index (κ3) is 2.90. The molecule has 18 heavy (non-hydrogen) atoms. The maximum atomic E-state index is 9.08. The first-order valence-corrected chi connectivity index (χ1v) is 6.69. The van der Waals surface area contributed by atoms with Crippen molar-refractivity contribution >= 4 is 0 Å². The van der Waals surface area contributed by atoms with E-state index in [-0.39, 0.29) is 6.04 Å². The predicted octanol–water partition coefficient (Wildman–Crippen LogP) is 2.33. The summed E-state index contributed by atoms with van der Waals surface area (Å²) in [4.78, 5) is 2.50. The van der Waals surface area contributed by atoms with E-state index in [2.05, 4.69) is 40.6 Å². The van der Waals surface area contributed by atoms with Gasteiger partial charge in [0.1, 0.15) is 0 Å². The molecule has 0 amide bonds. The Morgan fingerprint density at radius 2 is 2.22 bits per heavy atom. The van der Waals surface area contributed by atoms with Crippen molar-refractivity contribution in [2.75, 3.05) is 20.1 Å². The van der Waals surface area contributed by atoms with Gasteiger partial charge in [-0.05, 0) is 32.0 Å². The van der Waals surface area contributed by atoms with Crippen LogP contribution in [-0.2, 0) is 0 Å². The summed E-state index contributed by atoms with van der Waals surface area (Å²) < 4.78 is 0. The van der Waals surface area contributed by atoms with Crippen LogP contribution in [0.15, 0.2) is 30.3 Å². The number of hydrogen-bond donors (Lipinski definition) is 1. The topological polar surface area (TPSA) is 39.1 Å². The first-order valence-electron chi connectivity index (χ1n) is 6.69. The molecule has 2 atom stereocenters. The average Bonchev–Trinajstić information content (AvgIpc) is 2.85. The summed E-state index contributed by atoms with van der Waals surface area (Å²) in [6, 6.07) is 13.6. The lowest BCUT2D eigenvalue weighted by atomic mass is 10.0. The Bertz CT molecular complexity index is 396. The fraction of sp³-hybridized carbons (Fsp3) is 0.533.